The molecule has 1 saturated heterocycles. The zero-order chi connectivity index (χ0) is 18.6. The molecule has 138 valence electrons. The molecule has 0 spiro atoms. The van der Waals surface area contributed by atoms with E-state index in [-0.39, 0.29) is 17.3 Å². The highest BCUT2D eigenvalue weighted by Crippen LogP contribution is 2.26. The first-order valence-electron chi connectivity index (χ1n) is 8.59. The number of rotatable bonds is 5. The van der Waals surface area contributed by atoms with E-state index in [0.717, 1.165) is 23.6 Å². The summed E-state index contributed by atoms with van der Waals surface area (Å²) in [5.41, 5.74) is 0.381. The largest absolute Gasteiger partial charge is 0.341 e. The molecule has 26 heavy (non-hydrogen) atoms. The van der Waals surface area contributed by atoms with Crippen LogP contribution in [-0.4, -0.2) is 38.9 Å². The van der Waals surface area contributed by atoms with Gasteiger partial charge in [-0.3, -0.25) is 9.10 Å². The van der Waals surface area contributed by atoms with Crippen molar-refractivity contribution < 1.29 is 13.2 Å². The molecule has 0 bridgehead atoms. The Hall–Kier alpha value is -2.05. The van der Waals surface area contributed by atoms with Crippen LogP contribution in [-0.2, 0) is 14.8 Å². The van der Waals surface area contributed by atoms with E-state index >= 15 is 0 Å². The van der Waals surface area contributed by atoms with Crippen molar-refractivity contribution in [2.24, 2.45) is 0 Å². The molecule has 0 radical (unpaired) electrons. The molecule has 0 aliphatic carbocycles. The van der Waals surface area contributed by atoms with Crippen LogP contribution in [0.25, 0.3) is 0 Å². The van der Waals surface area contributed by atoms with Gasteiger partial charge >= 0.3 is 0 Å². The van der Waals surface area contributed by atoms with Crippen LogP contribution < -0.4 is 4.31 Å². The number of halogens is 1. The van der Waals surface area contributed by atoms with Crippen LogP contribution in [0.2, 0.25) is 5.02 Å². The lowest BCUT2D eigenvalue weighted by molar-refractivity contribution is -0.130. The third kappa shape index (κ3) is 4.19. The number of piperidine rings is 1. The van der Waals surface area contributed by atoms with E-state index in [9.17, 15) is 13.2 Å². The molecule has 0 unspecified atom stereocenters. The van der Waals surface area contributed by atoms with Crippen LogP contribution in [0.1, 0.15) is 19.3 Å². The molecular formula is C19H21ClN2O3S. The highest BCUT2D eigenvalue weighted by atomic mass is 35.5. The summed E-state index contributed by atoms with van der Waals surface area (Å²) in [5.74, 6) is -0.191. The number of carbonyl (C=O) groups excluding carboxylic acids is 1. The summed E-state index contributed by atoms with van der Waals surface area (Å²) in [5, 5.41) is 0.418. The van der Waals surface area contributed by atoms with Crippen LogP contribution in [0.4, 0.5) is 5.69 Å². The van der Waals surface area contributed by atoms with Crippen LogP contribution in [0.15, 0.2) is 59.5 Å². The lowest BCUT2D eigenvalue weighted by atomic mass is 10.1. The van der Waals surface area contributed by atoms with Gasteiger partial charge in [-0.1, -0.05) is 35.9 Å². The summed E-state index contributed by atoms with van der Waals surface area (Å²) in [7, 11) is -3.88. The number of hydrogen-bond donors (Lipinski definition) is 0. The Morgan fingerprint density at radius 3 is 2.35 bits per heavy atom. The van der Waals surface area contributed by atoms with Crippen LogP contribution in [0.5, 0.6) is 0 Å². The fourth-order valence-corrected chi connectivity index (χ4v) is 4.64. The summed E-state index contributed by atoms with van der Waals surface area (Å²) < 4.78 is 27.5. The van der Waals surface area contributed by atoms with Crippen molar-refractivity contribution >= 4 is 33.2 Å². The van der Waals surface area contributed by atoms with Gasteiger partial charge in [0.25, 0.3) is 10.0 Å². The average molecular weight is 393 g/mol. The Labute approximate surface area is 159 Å². The minimum absolute atomic E-state index is 0.145. The maximum atomic E-state index is 13.2. The Morgan fingerprint density at radius 1 is 1.00 bits per heavy atom. The third-order valence-corrected chi connectivity index (χ3v) is 6.44. The van der Waals surface area contributed by atoms with Gasteiger partial charge in [0.15, 0.2) is 0 Å². The van der Waals surface area contributed by atoms with Gasteiger partial charge in [0, 0.05) is 18.1 Å². The summed E-state index contributed by atoms with van der Waals surface area (Å²) >= 11 is 6.05. The molecule has 1 aliphatic heterocycles. The molecule has 0 saturated carbocycles. The Bertz CT molecular complexity index is 865. The highest BCUT2D eigenvalue weighted by molar-refractivity contribution is 7.92. The molecule has 0 aromatic heterocycles. The van der Waals surface area contributed by atoms with Gasteiger partial charge in [-0.15, -0.1) is 0 Å². The Morgan fingerprint density at radius 2 is 1.69 bits per heavy atom. The number of nitrogens with zero attached hydrogens (tertiary/aromatic N) is 2. The first-order valence-corrected chi connectivity index (χ1v) is 10.4. The molecule has 2 aromatic rings. The molecule has 0 N–H and O–H groups in total. The highest BCUT2D eigenvalue weighted by Gasteiger charge is 2.29. The zero-order valence-electron chi connectivity index (χ0n) is 14.3. The van der Waals surface area contributed by atoms with Crippen molar-refractivity contribution in [3.8, 4) is 0 Å². The molecule has 7 heteroatoms. The lowest BCUT2D eigenvalue weighted by Crippen LogP contribution is -2.44. The fraction of sp³-hybridized carbons (Fsp3) is 0.316. The predicted molar refractivity (Wildman–Crippen MR) is 103 cm³/mol. The van der Waals surface area contributed by atoms with E-state index in [4.69, 9.17) is 11.6 Å². The van der Waals surface area contributed by atoms with E-state index in [2.05, 4.69) is 0 Å². The second-order valence-corrected chi connectivity index (χ2v) is 8.54. The number of benzene rings is 2. The number of anilines is 1. The van der Waals surface area contributed by atoms with Crippen molar-refractivity contribution in [2.45, 2.75) is 24.2 Å². The van der Waals surface area contributed by atoms with Gasteiger partial charge in [-0.2, -0.15) is 0 Å². The fourth-order valence-electron chi connectivity index (χ4n) is 3.03. The predicted octanol–water partition coefficient (Wildman–Crippen LogP) is 3.55. The van der Waals surface area contributed by atoms with E-state index in [0.29, 0.717) is 23.8 Å². The minimum atomic E-state index is -3.88. The van der Waals surface area contributed by atoms with Crippen molar-refractivity contribution in [1.29, 1.82) is 0 Å². The van der Waals surface area contributed by atoms with Crippen LogP contribution in [0, 0.1) is 0 Å². The zero-order valence-corrected chi connectivity index (χ0v) is 15.9. The van der Waals surface area contributed by atoms with E-state index in [1.54, 1.807) is 47.4 Å². The Balaban J connectivity index is 1.95. The van der Waals surface area contributed by atoms with Gasteiger partial charge in [-0.05, 0) is 49.6 Å². The number of sulfonamides is 1. The summed E-state index contributed by atoms with van der Waals surface area (Å²) in [4.78, 5) is 14.6. The molecule has 0 atom stereocenters. The van der Waals surface area contributed by atoms with Crippen molar-refractivity contribution in [2.75, 3.05) is 23.9 Å². The first-order chi connectivity index (χ1) is 12.5. The Kier molecular flexibility index (Phi) is 5.84. The second kappa shape index (κ2) is 8.10. The number of carbonyl (C=O) groups is 1. The van der Waals surface area contributed by atoms with Crippen molar-refractivity contribution in [3.05, 3.63) is 59.6 Å². The topological polar surface area (TPSA) is 57.7 Å². The van der Waals surface area contributed by atoms with Gasteiger partial charge in [0.1, 0.15) is 6.54 Å². The van der Waals surface area contributed by atoms with E-state index in [1.165, 1.54) is 12.1 Å². The van der Waals surface area contributed by atoms with E-state index < -0.39 is 10.0 Å². The lowest BCUT2D eigenvalue weighted by Gasteiger charge is -2.30. The first kappa shape index (κ1) is 18.7. The molecule has 1 heterocycles. The van der Waals surface area contributed by atoms with Crippen molar-refractivity contribution in [3.63, 3.8) is 0 Å². The normalized spacial score (nSPS) is 14.9. The molecule has 5 nitrogen and oxygen atoms in total. The molecule has 3 rings (SSSR count). The quantitative estimate of drug-likeness (QED) is 0.781. The maximum Gasteiger partial charge on any atom is 0.264 e. The van der Waals surface area contributed by atoms with Gasteiger partial charge in [0.05, 0.1) is 10.6 Å². The number of likely N-dealkylation sites (tertiary alicyclic amines) is 1. The molecular weight excluding hydrogens is 372 g/mol. The van der Waals surface area contributed by atoms with Crippen molar-refractivity contribution in [1.82, 2.24) is 4.90 Å². The second-order valence-electron chi connectivity index (χ2n) is 6.25. The average Bonchev–Trinajstić information content (AvgIpc) is 2.67. The third-order valence-electron chi connectivity index (χ3n) is 4.42. The monoisotopic (exact) mass is 392 g/mol. The molecule has 2 aromatic carbocycles. The molecule has 1 aliphatic rings. The SMILES string of the molecule is O=C(CN(c1cccc(Cl)c1)S(=O)(=O)c1ccccc1)N1CCCCC1. The minimum Gasteiger partial charge on any atom is -0.341 e. The smallest absolute Gasteiger partial charge is 0.264 e. The number of hydrogen-bond acceptors (Lipinski definition) is 3. The van der Waals surface area contributed by atoms with Gasteiger partial charge < -0.3 is 4.90 Å². The van der Waals surface area contributed by atoms with Gasteiger partial charge in [0.2, 0.25) is 5.91 Å². The van der Waals surface area contributed by atoms with Crippen LogP contribution >= 0.6 is 11.6 Å². The standard InChI is InChI=1S/C19H21ClN2O3S/c20-16-8-7-9-17(14-16)22(15-19(23)21-12-5-2-6-13-21)26(24,25)18-10-3-1-4-11-18/h1,3-4,7-11,14H,2,5-6,12-13,15H2. The number of amides is 1. The summed E-state index contributed by atoms with van der Waals surface area (Å²) in [6.07, 6.45) is 3.01. The molecule has 1 amide bonds. The molecule has 1 fully saturated rings. The summed E-state index contributed by atoms with van der Waals surface area (Å²) in [6, 6.07) is 14.7. The van der Waals surface area contributed by atoms with Crippen LogP contribution in [0.3, 0.4) is 0 Å². The van der Waals surface area contributed by atoms with E-state index in [1.807, 2.05) is 0 Å². The van der Waals surface area contributed by atoms with Gasteiger partial charge in [-0.25, -0.2) is 8.42 Å². The summed E-state index contributed by atoms with van der Waals surface area (Å²) in [6.45, 7) is 1.11. The maximum absolute atomic E-state index is 13.2.